The molecule has 5 rings (SSSR count). The number of likely N-dealkylation sites (tertiary alicyclic amines) is 1. The highest BCUT2D eigenvalue weighted by Gasteiger charge is 2.40. The van der Waals surface area contributed by atoms with Crippen molar-refractivity contribution in [3.8, 4) is 11.4 Å². The predicted octanol–water partition coefficient (Wildman–Crippen LogP) is 1.20. The molecule has 2 atom stereocenters. The van der Waals surface area contributed by atoms with E-state index in [0.717, 1.165) is 35.2 Å². The van der Waals surface area contributed by atoms with Gasteiger partial charge < -0.3 is 30.3 Å². The number of hydrogen-bond acceptors (Lipinski definition) is 10. The molecule has 3 aromatic heterocycles. The number of hydrogen-bond donors (Lipinski definition) is 4. The highest BCUT2D eigenvalue weighted by Crippen LogP contribution is 2.38. The lowest BCUT2D eigenvalue weighted by Crippen LogP contribution is -2.44. The smallest absolute Gasteiger partial charge is 0.317 e. The zero-order valence-corrected chi connectivity index (χ0v) is 20.5. The van der Waals surface area contributed by atoms with Crippen LogP contribution in [-0.2, 0) is 6.54 Å². The Morgan fingerprint density at radius 3 is 2.74 bits per heavy atom. The molecule has 0 bridgehead atoms. The van der Waals surface area contributed by atoms with Crippen molar-refractivity contribution in [3.63, 3.8) is 0 Å². The molecule has 2 unspecified atom stereocenters. The molecule has 0 spiro atoms. The third-order valence-corrected chi connectivity index (χ3v) is 7.71. The molecule has 4 N–H and O–H groups in total. The average Bonchev–Trinajstić information content (AvgIpc) is 3.55. The van der Waals surface area contributed by atoms with E-state index < -0.39 is 5.12 Å². The van der Waals surface area contributed by atoms with Crippen LogP contribution in [0.5, 0.6) is 0 Å². The monoisotopic (exact) mass is 499 g/mol. The number of aromatic nitrogens is 6. The Hall–Kier alpha value is -3.03. The molecule has 2 aliphatic heterocycles. The Morgan fingerprint density at radius 1 is 1.23 bits per heavy atom. The molecule has 2 aliphatic rings. The molecular weight excluding hydrogens is 470 g/mol. The second-order valence-electron chi connectivity index (χ2n) is 8.85. The van der Waals surface area contributed by atoms with Crippen molar-refractivity contribution in [2.24, 2.45) is 5.92 Å². The first kappa shape index (κ1) is 23.7. The minimum Gasteiger partial charge on any atom is -0.364 e. The number of aliphatic hydroxyl groups is 2. The largest absolute Gasteiger partial charge is 0.364 e. The normalized spacial score (nSPS) is 21.5. The molecule has 0 radical (unpaired) electrons. The highest BCUT2D eigenvalue weighted by atomic mass is 32.2. The van der Waals surface area contributed by atoms with Gasteiger partial charge in [-0.2, -0.15) is 0 Å². The zero-order chi connectivity index (χ0) is 24.6. The molecule has 0 saturated carbocycles. The van der Waals surface area contributed by atoms with Crippen LogP contribution < -0.4 is 10.6 Å². The van der Waals surface area contributed by atoms with Gasteiger partial charge in [0.1, 0.15) is 18.0 Å². The van der Waals surface area contributed by atoms with Crippen LogP contribution in [0.2, 0.25) is 0 Å². The number of carbonyl (C=O) groups is 1. The van der Waals surface area contributed by atoms with Crippen LogP contribution >= 0.6 is 11.8 Å². The predicted molar refractivity (Wildman–Crippen MR) is 131 cm³/mol. The maximum atomic E-state index is 12.7. The van der Waals surface area contributed by atoms with Gasteiger partial charge in [0.15, 0.2) is 17.0 Å². The Bertz CT molecular complexity index is 1220. The Balaban J connectivity index is 1.28. The lowest BCUT2D eigenvalue weighted by atomic mass is 10.1. The highest BCUT2D eigenvalue weighted by molar-refractivity contribution is 8.00. The summed E-state index contributed by atoms with van der Waals surface area (Å²) in [4.78, 5) is 36.7. The minimum absolute atomic E-state index is 0.00796. The van der Waals surface area contributed by atoms with Gasteiger partial charge in [-0.25, -0.2) is 29.7 Å². The lowest BCUT2D eigenvalue weighted by Gasteiger charge is -2.24. The number of aryl methyl sites for hydroxylation is 2. The van der Waals surface area contributed by atoms with Crippen molar-refractivity contribution >= 4 is 34.8 Å². The summed E-state index contributed by atoms with van der Waals surface area (Å²) in [6.07, 6.45) is 6.45. The number of urea groups is 1. The van der Waals surface area contributed by atoms with Crippen LogP contribution in [0.15, 0.2) is 18.7 Å². The number of nitrogens with one attached hydrogen (secondary N) is 2. The van der Waals surface area contributed by atoms with Crippen molar-refractivity contribution in [2.75, 3.05) is 30.7 Å². The number of thioether (sulfide) groups is 1. The van der Waals surface area contributed by atoms with Gasteiger partial charge in [0, 0.05) is 50.5 Å². The number of amides is 2. The number of rotatable bonds is 6. The summed E-state index contributed by atoms with van der Waals surface area (Å²) in [7, 11) is 0. The van der Waals surface area contributed by atoms with E-state index in [0.29, 0.717) is 49.0 Å². The van der Waals surface area contributed by atoms with Gasteiger partial charge in [-0.15, -0.1) is 0 Å². The summed E-state index contributed by atoms with van der Waals surface area (Å²) in [5.41, 5.74) is 2.19. The van der Waals surface area contributed by atoms with Crippen LogP contribution in [0.1, 0.15) is 25.6 Å². The number of imidazole rings is 1. The first-order valence-corrected chi connectivity index (χ1v) is 12.7. The molecule has 3 aromatic rings. The van der Waals surface area contributed by atoms with E-state index >= 15 is 0 Å². The van der Waals surface area contributed by atoms with E-state index in [9.17, 15) is 15.0 Å². The van der Waals surface area contributed by atoms with E-state index in [-0.39, 0.29) is 24.5 Å². The molecule has 2 saturated heterocycles. The number of anilines is 1. The molecule has 2 amide bonds. The molecule has 0 aromatic carbocycles. The number of carbonyl (C=O) groups excluding carboxylic acids is 1. The van der Waals surface area contributed by atoms with E-state index in [1.54, 1.807) is 17.3 Å². The fraction of sp³-hybridized carbons (Fsp3) is 0.545. The third kappa shape index (κ3) is 4.75. The molecule has 5 heterocycles. The fourth-order valence-corrected chi connectivity index (χ4v) is 5.68. The van der Waals surface area contributed by atoms with Gasteiger partial charge in [-0.1, -0.05) is 11.8 Å². The average molecular weight is 500 g/mol. The molecule has 2 fully saturated rings. The topological polar surface area (TPSA) is 154 Å². The van der Waals surface area contributed by atoms with Gasteiger partial charge in [-0.05, 0) is 32.4 Å². The second-order valence-corrected chi connectivity index (χ2v) is 10.1. The first-order valence-electron chi connectivity index (χ1n) is 11.7. The van der Waals surface area contributed by atoms with Crippen molar-refractivity contribution in [1.82, 2.24) is 39.7 Å². The molecule has 0 aliphatic carbocycles. The van der Waals surface area contributed by atoms with Gasteiger partial charge in [0.2, 0.25) is 5.12 Å². The van der Waals surface area contributed by atoms with Crippen LogP contribution in [-0.4, -0.2) is 87.2 Å². The zero-order valence-electron chi connectivity index (χ0n) is 19.7. The Labute approximate surface area is 206 Å². The second kappa shape index (κ2) is 9.55. The summed E-state index contributed by atoms with van der Waals surface area (Å²) < 4.78 is 2.01. The van der Waals surface area contributed by atoms with Crippen molar-refractivity contribution < 1.29 is 15.0 Å². The summed E-state index contributed by atoms with van der Waals surface area (Å²) in [5, 5.41) is 24.5. The van der Waals surface area contributed by atoms with Gasteiger partial charge in [0.05, 0.1) is 5.56 Å². The summed E-state index contributed by atoms with van der Waals surface area (Å²) >= 11 is 1.11. The fourth-order valence-electron chi connectivity index (χ4n) is 4.54. The maximum Gasteiger partial charge on any atom is 0.317 e. The SMILES string of the molecule is CCn1c(-c2cnc(C)nc2)nc2c(NC3CCN(C(=O)NCC4CCSC4(O)O)C3)ncnc21. The summed E-state index contributed by atoms with van der Waals surface area (Å²) in [6.45, 7) is 5.88. The van der Waals surface area contributed by atoms with Gasteiger partial charge in [-0.3, -0.25) is 0 Å². The summed E-state index contributed by atoms with van der Waals surface area (Å²) in [5.74, 6) is 2.34. The molecule has 12 nitrogen and oxygen atoms in total. The van der Waals surface area contributed by atoms with Crippen molar-refractivity contribution in [2.45, 2.75) is 44.4 Å². The minimum atomic E-state index is -1.77. The van der Waals surface area contributed by atoms with Gasteiger partial charge >= 0.3 is 6.03 Å². The summed E-state index contributed by atoms with van der Waals surface area (Å²) in [6, 6.07) is -0.194. The van der Waals surface area contributed by atoms with Crippen LogP contribution in [0.25, 0.3) is 22.6 Å². The Kier molecular flexibility index (Phi) is 6.47. The number of nitrogens with zero attached hydrogens (tertiary/aromatic N) is 7. The first-order chi connectivity index (χ1) is 16.9. The number of fused-ring (bicyclic) bond motifs is 1. The lowest BCUT2D eigenvalue weighted by molar-refractivity contribution is -0.111. The van der Waals surface area contributed by atoms with Crippen LogP contribution in [0.4, 0.5) is 10.6 Å². The van der Waals surface area contributed by atoms with Crippen LogP contribution in [0, 0.1) is 12.8 Å². The quantitative estimate of drug-likeness (QED) is 0.364. The van der Waals surface area contributed by atoms with Crippen molar-refractivity contribution in [1.29, 1.82) is 0 Å². The van der Waals surface area contributed by atoms with Crippen molar-refractivity contribution in [3.05, 3.63) is 24.5 Å². The maximum absolute atomic E-state index is 12.7. The van der Waals surface area contributed by atoms with E-state index in [2.05, 4.69) is 30.6 Å². The van der Waals surface area contributed by atoms with E-state index in [1.165, 1.54) is 6.33 Å². The van der Waals surface area contributed by atoms with E-state index in [4.69, 9.17) is 4.98 Å². The van der Waals surface area contributed by atoms with Gasteiger partial charge in [0.25, 0.3) is 0 Å². The third-order valence-electron chi connectivity index (χ3n) is 6.52. The molecular formula is C22H29N9O3S. The van der Waals surface area contributed by atoms with E-state index in [1.807, 2.05) is 18.4 Å². The molecule has 35 heavy (non-hydrogen) atoms. The van der Waals surface area contributed by atoms with Crippen LogP contribution in [0.3, 0.4) is 0 Å². The molecule has 13 heteroatoms. The molecule has 186 valence electrons. The standard InChI is InChI=1S/C22H29N9O3S/c1-3-31-19(14-8-23-13(2)24-9-14)29-17-18(26-12-27-20(17)31)28-16-4-6-30(11-16)21(32)25-10-15-5-7-35-22(15,33)34/h8-9,12,15-16,33-34H,3-7,10-11H2,1-2H3,(H,25,32)(H,26,27,28). The Morgan fingerprint density at radius 2 is 2.03 bits per heavy atom.